The van der Waals surface area contributed by atoms with Crippen LogP contribution in [0, 0.1) is 17.3 Å². The highest BCUT2D eigenvalue weighted by Gasteiger charge is 2.56. The van der Waals surface area contributed by atoms with Crippen LogP contribution in [0.25, 0.3) is 0 Å². The van der Waals surface area contributed by atoms with Crippen LogP contribution >= 0.6 is 0 Å². The standard InChI is InChI=1S/C31H35NO7/c1-30(2)15-21-22(16-30)31(3,37)14-20-17-38-28(35)23(20)26(21)39-29(36)25(33)24(18-10-6-4-7-11-18)32-27(34)19-12-8-5-9-13-19/h4-13,21-22,24-26,33,37H,14-17H2,1-3H3,(H,32,34)/t21-,22+,24+,25-,26+,31+/m1/s1. The molecule has 1 heterocycles. The summed E-state index contributed by atoms with van der Waals surface area (Å²) in [5.74, 6) is -2.53. The number of aliphatic hydroxyl groups is 2. The van der Waals surface area contributed by atoms with E-state index >= 15 is 0 Å². The fourth-order valence-electron chi connectivity index (χ4n) is 6.60. The van der Waals surface area contributed by atoms with Gasteiger partial charge in [-0.1, -0.05) is 62.4 Å². The lowest BCUT2D eigenvalue weighted by atomic mass is 9.78. The second-order valence-corrected chi connectivity index (χ2v) is 12.0. The Morgan fingerprint density at radius 1 is 1.03 bits per heavy atom. The normalized spacial score (nSPS) is 28.9. The van der Waals surface area contributed by atoms with Crippen LogP contribution in [0.2, 0.25) is 0 Å². The quantitative estimate of drug-likeness (QED) is 0.486. The van der Waals surface area contributed by atoms with Crippen molar-refractivity contribution in [2.24, 2.45) is 17.3 Å². The number of fused-ring (bicyclic) bond motifs is 1. The van der Waals surface area contributed by atoms with Crippen LogP contribution in [0.1, 0.15) is 62.0 Å². The van der Waals surface area contributed by atoms with Crippen LogP contribution in [0.3, 0.4) is 0 Å². The molecule has 39 heavy (non-hydrogen) atoms. The monoisotopic (exact) mass is 533 g/mol. The largest absolute Gasteiger partial charge is 0.458 e. The van der Waals surface area contributed by atoms with Gasteiger partial charge in [0.15, 0.2) is 6.10 Å². The number of rotatable bonds is 6. The van der Waals surface area contributed by atoms with E-state index < -0.39 is 41.7 Å². The fraction of sp³-hybridized carbons (Fsp3) is 0.452. The fourth-order valence-corrected chi connectivity index (χ4v) is 6.60. The van der Waals surface area contributed by atoms with Gasteiger partial charge in [0.2, 0.25) is 0 Å². The molecule has 5 rings (SSSR count). The lowest BCUT2D eigenvalue weighted by Crippen LogP contribution is -2.45. The van der Waals surface area contributed by atoms with Crippen LogP contribution in [0.5, 0.6) is 0 Å². The number of hydrogen-bond acceptors (Lipinski definition) is 7. The number of esters is 2. The van der Waals surface area contributed by atoms with Crippen molar-refractivity contribution in [3.63, 3.8) is 0 Å². The molecule has 206 valence electrons. The second-order valence-electron chi connectivity index (χ2n) is 12.0. The van der Waals surface area contributed by atoms with E-state index in [2.05, 4.69) is 19.2 Å². The summed E-state index contributed by atoms with van der Waals surface area (Å²) in [6, 6.07) is 16.1. The van der Waals surface area contributed by atoms with Crippen LogP contribution in [-0.4, -0.2) is 52.5 Å². The van der Waals surface area contributed by atoms with Gasteiger partial charge in [-0.25, -0.2) is 9.59 Å². The number of hydrogen-bond donors (Lipinski definition) is 3. The van der Waals surface area contributed by atoms with E-state index in [1.807, 2.05) is 0 Å². The molecular weight excluding hydrogens is 498 g/mol. The Morgan fingerprint density at radius 3 is 2.33 bits per heavy atom. The maximum absolute atomic E-state index is 13.6. The Bertz CT molecular complexity index is 1280. The molecule has 2 aromatic rings. The number of ether oxygens (including phenoxy) is 2. The number of cyclic esters (lactones) is 1. The van der Waals surface area contributed by atoms with Gasteiger partial charge >= 0.3 is 11.9 Å². The molecule has 8 nitrogen and oxygen atoms in total. The number of carbonyl (C=O) groups is 3. The van der Waals surface area contributed by atoms with Crippen molar-refractivity contribution in [2.75, 3.05) is 6.61 Å². The van der Waals surface area contributed by atoms with Gasteiger partial charge in [-0.05, 0) is 54.4 Å². The first-order valence-electron chi connectivity index (χ1n) is 13.4. The highest BCUT2D eigenvalue weighted by atomic mass is 16.6. The van der Waals surface area contributed by atoms with Gasteiger partial charge in [-0.2, -0.15) is 0 Å². The predicted molar refractivity (Wildman–Crippen MR) is 142 cm³/mol. The summed E-state index contributed by atoms with van der Waals surface area (Å²) in [7, 11) is 0. The molecular formula is C31H35NO7. The van der Waals surface area contributed by atoms with Crippen LogP contribution < -0.4 is 5.32 Å². The summed E-state index contributed by atoms with van der Waals surface area (Å²) in [5, 5.41) is 25.5. The summed E-state index contributed by atoms with van der Waals surface area (Å²) in [6.07, 6.45) is -1.14. The molecule has 6 atom stereocenters. The molecule has 3 aliphatic rings. The molecule has 8 heteroatoms. The van der Waals surface area contributed by atoms with Crippen molar-refractivity contribution in [1.82, 2.24) is 5.32 Å². The molecule has 2 aromatic carbocycles. The van der Waals surface area contributed by atoms with Gasteiger partial charge in [0.25, 0.3) is 5.91 Å². The number of aliphatic hydroxyl groups excluding tert-OH is 1. The summed E-state index contributed by atoms with van der Waals surface area (Å²) < 4.78 is 11.3. The molecule has 0 bridgehead atoms. The van der Waals surface area contributed by atoms with Gasteiger partial charge in [0.05, 0.1) is 17.2 Å². The molecule has 3 N–H and O–H groups in total. The molecule has 1 aliphatic heterocycles. The number of amides is 1. The maximum atomic E-state index is 13.6. The molecule has 1 fully saturated rings. The van der Waals surface area contributed by atoms with Gasteiger partial charge in [-0.3, -0.25) is 4.79 Å². The zero-order valence-corrected chi connectivity index (χ0v) is 22.4. The Labute approximate surface area is 228 Å². The molecule has 0 aromatic heterocycles. The zero-order chi connectivity index (χ0) is 27.9. The minimum Gasteiger partial charge on any atom is -0.458 e. The van der Waals surface area contributed by atoms with Gasteiger partial charge < -0.3 is 25.0 Å². The SMILES string of the molecule is CC1(C)C[C@H]2[C@H](OC(=O)[C@H](O)[C@@H](NC(=O)c3ccccc3)c3ccccc3)C3=C(COC3=O)C[C@](C)(O)[C@H]2C1. The smallest absolute Gasteiger partial charge is 0.338 e. The third-order valence-corrected chi connectivity index (χ3v) is 8.38. The number of carbonyl (C=O) groups excluding carboxylic acids is 3. The summed E-state index contributed by atoms with van der Waals surface area (Å²) in [5.41, 5.74) is 0.550. The molecule has 0 spiro atoms. The van der Waals surface area contributed by atoms with Crippen molar-refractivity contribution in [3.05, 3.63) is 82.9 Å². The minimum atomic E-state index is -1.75. The van der Waals surface area contributed by atoms with E-state index in [9.17, 15) is 24.6 Å². The zero-order valence-electron chi connectivity index (χ0n) is 22.4. The molecule has 2 aliphatic carbocycles. The first-order chi connectivity index (χ1) is 18.5. The molecule has 0 radical (unpaired) electrons. The van der Waals surface area contributed by atoms with Crippen molar-refractivity contribution in [1.29, 1.82) is 0 Å². The lowest BCUT2D eigenvalue weighted by molar-refractivity contribution is -0.164. The summed E-state index contributed by atoms with van der Waals surface area (Å²) in [6.45, 7) is 6.00. The van der Waals surface area contributed by atoms with Crippen LogP contribution in [0.4, 0.5) is 0 Å². The number of nitrogens with one attached hydrogen (secondary N) is 1. The van der Waals surface area contributed by atoms with Crippen molar-refractivity contribution >= 4 is 17.8 Å². The Hall–Kier alpha value is -3.49. The van der Waals surface area contributed by atoms with Gasteiger partial charge in [0, 0.05) is 17.9 Å². The Morgan fingerprint density at radius 2 is 1.67 bits per heavy atom. The van der Waals surface area contributed by atoms with Crippen molar-refractivity contribution in [2.45, 2.75) is 63.9 Å². The molecule has 0 unspecified atom stereocenters. The lowest BCUT2D eigenvalue weighted by Gasteiger charge is -2.35. The van der Waals surface area contributed by atoms with Crippen molar-refractivity contribution < 1.29 is 34.1 Å². The topological polar surface area (TPSA) is 122 Å². The average molecular weight is 534 g/mol. The van der Waals surface area contributed by atoms with E-state index in [1.165, 1.54) is 0 Å². The second kappa shape index (κ2) is 10.2. The minimum absolute atomic E-state index is 0.0452. The van der Waals surface area contributed by atoms with Gasteiger partial charge in [0.1, 0.15) is 12.7 Å². The summed E-state index contributed by atoms with van der Waals surface area (Å²) in [4.78, 5) is 39.5. The Balaban J connectivity index is 1.45. The first kappa shape index (κ1) is 27.1. The van der Waals surface area contributed by atoms with E-state index in [4.69, 9.17) is 9.47 Å². The predicted octanol–water partition coefficient (Wildman–Crippen LogP) is 3.49. The van der Waals surface area contributed by atoms with E-state index in [-0.39, 0.29) is 35.9 Å². The maximum Gasteiger partial charge on any atom is 0.338 e. The first-order valence-corrected chi connectivity index (χ1v) is 13.4. The van der Waals surface area contributed by atoms with Crippen LogP contribution in [0.15, 0.2) is 71.8 Å². The third kappa shape index (κ3) is 5.36. The average Bonchev–Trinajstić information content (AvgIpc) is 3.42. The third-order valence-electron chi connectivity index (χ3n) is 8.38. The molecule has 0 saturated heterocycles. The number of benzene rings is 2. The Kier molecular flexibility index (Phi) is 7.11. The molecule has 1 amide bonds. The molecule has 1 saturated carbocycles. The van der Waals surface area contributed by atoms with Crippen LogP contribution in [-0.2, 0) is 19.1 Å². The van der Waals surface area contributed by atoms with Gasteiger partial charge in [-0.15, -0.1) is 0 Å². The van der Waals surface area contributed by atoms with Crippen molar-refractivity contribution in [3.8, 4) is 0 Å². The summed E-state index contributed by atoms with van der Waals surface area (Å²) >= 11 is 0. The van der Waals surface area contributed by atoms with E-state index in [0.717, 1.165) is 0 Å². The highest BCUT2D eigenvalue weighted by molar-refractivity contribution is 5.95. The van der Waals surface area contributed by atoms with E-state index in [0.29, 0.717) is 29.5 Å². The highest BCUT2D eigenvalue weighted by Crippen LogP contribution is 2.56. The van der Waals surface area contributed by atoms with E-state index in [1.54, 1.807) is 67.6 Å².